The zero-order chi connectivity index (χ0) is 28.4. The molecule has 2 aromatic heterocycles. The topological polar surface area (TPSA) is 96.0 Å². The summed E-state index contributed by atoms with van der Waals surface area (Å²) in [5.74, 6) is 0.195. The molecule has 4 aromatic rings. The first-order valence-corrected chi connectivity index (χ1v) is 13.6. The summed E-state index contributed by atoms with van der Waals surface area (Å²) in [6.07, 6.45) is 2.27. The summed E-state index contributed by atoms with van der Waals surface area (Å²) in [5.41, 5.74) is 1.29. The van der Waals surface area contributed by atoms with E-state index in [4.69, 9.17) is 9.72 Å². The lowest BCUT2D eigenvalue weighted by atomic mass is 9.75. The van der Waals surface area contributed by atoms with Crippen molar-refractivity contribution in [3.05, 3.63) is 107 Å². The van der Waals surface area contributed by atoms with Gasteiger partial charge in [-0.05, 0) is 48.4 Å². The third-order valence-electron chi connectivity index (χ3n) is 7.62. The minimum Gasteiger partial charge on any atom is -0.445 e. The van der Waals surface area contributed by atoms with E-state index in [1.54, 1.807) is 35.6 Å². The highest BCUT2D eigenvalue weighted by molar-refractivity contribution is 5.69. The van der Waals surface area contributed by atoms with Crippen molar-refractivity contribution in [1.29, 1.82) is 0 Å². The van der Waals surface area contributed by atoms with Gasteiger partial charge in [-0.25, -0.2) is 19.7 Å². The average molecular weight is 563 g/mol. The Bertz CT molecular complexity index is 1480. The molecular formula is C30H29F3N6O2. The molecule has 2 aliphatic rings. The van der Waals surface area contributed by atoms with Gasteiger partial charge in [-0.2, -0.15) is 13.2 Å². The first kappa shape index (κ1) is 26.8. The van der Waals surface area contributed by atoms with Crippen LogP contribution in [-0.2, 0) is 17.5 Å². The summed E-state index contributed by atoms with van der Waals surface area (Å²) in [6.45, 7) is 0.255. The van der Waals surface area contributed by atoms with E-state index in [1.807, 2.05) is 30.3 Å². The van der Waals surface area contributed by atoms with Gasteiger partial charge in [0.25, 0.3) is 0 Å². The number of likely N-dealkylation sites (tertiary alicyclic amines) is 1. The second-order valence-corrected chi connectivity index (χ2v) is 10.5. The Morgan fingerprint density at radius 3 is 2.59 bits per heavy atom. The maximum atomic E-state index is 13.7. The lowest BCUT2D eigenvalue weighted by molar-refractivity contribution is -0.137. The molecule has 212 valence electrons. The normalized spacial score (nSPS) is 21.0. The SMILES string of the molecule is O=C(OCc1ccccc1)N1CC(c2ccnc(NC3CC3)n2)C(c2cccc(C(F)(F)F)c2)CC1c1ncc[nH]1. The van der Waals surface area contributed by atoms with Gasteiger partial charge in [-0.1, -0.05) is 48.5 Å². The van der Waals surface area contributed by atoms with E-state index < -0.39 is 35.7 Å². The number of imidazole rings is 1. The van der Waals surface area contributed by atoms with Crippen LogP contribution in [0.2, 0.25) is 0 Å². The number of hydrogen-bond donors (Lipinski definition) is 2. The first-order chi connectivity index (χ1) is 19.8. The van der Waals surface area contributed by atoms with E-state index in [2.05, 4.69) is 20.3 Å². The van der Waals surface area contributed by atoms with Crippen LogP contribution in [-0.4, -0.2) is 43.5 Å². The number of carbonyl (C=O) groups excluding carboxylic acids is 1. The van der Waals surface area contributed by atoms with Crippen molar-refractivity contribution < 1.29 is 22.7 Å². The van der Waals surface area contributed by atoms with E-state index in [1.165, 1.54) is 12.1 Å². The molecule has 11 heteroatoms. The molecule has 6 rings (SSSR count). The number of ether oxygens (including phenoxy) is 1. The highest BCUT2D eigenvalue weighted by Crippen LogP contribution is 2.47. The number of aromatic amines is 1. The second-order valence-electron chi connectivity index (χ2n) is 10.5. The molecule has 2 N–H and O–H groups in total. The minimum absolute atomic E-state index is 0.0890. The predicted octanol–water partition coefficient (Wildman–Crippen LogP) is 6.44. The van der Waals surface area contributed by atoms with Gasteiger partial charge in [-0.3, -0.25) is 4.90 Å². The monoisotopic (exact) mass is 562 g/mol. The Morgan fingerprint density at radius 1 is 1.02 bits per heavy atom. The summed E-state index contributed by atoms with van der Waals surface area (Å²) < 4.78 is 46.9. The summed E-state index contributed by atoms with van der Waals surface area (Å²) in [6, 6.07) is 16.3. The molecule has 2 fully saturated rings. The van der Waals surface area contributed by atoms with Crippen LogP contribution in [0, 0.1) is 0 Å². The molecule has 1 amide bonds. The number of anilines is 1. The Labute approximate surface area is 235 Å². The molecule has 0 spiro atoms. The molecule has 3 atom stereocenters. The Hall–Kier alpha value is -4.41. The van der Waals surface area contributed by atoms with Gasteiger partial charge >= 0.3 is 12.3 Å². The molecule has 1 saturated carbocycles. The van der Waals surface area contributed by atoms with Gasteiger partial charge in [0.05, 0.1) is 17.3 Å². The van der Waals surface area contributed by atoms with Crippen LogP contribution in [0.5, 0.6) is 0 Å². The summed E-state index contributed by atoms with van der Waals surface area (Å²) in [4.78, 5) is 31.8. The number of carbonyl (C=O) groups is 1. The average Bonchev–Trinajstić information content (AvgIpc) is 3.63. The fourth-order valence-corrected chi connectivity index (χ4v) is 5.39. The predicted molar refractivity (Wildman–Crippen MR) is 145 cm³/mol. The molecule has 0 radical (unpaired) electrons. The second kappa shape index (κ2) is 11.2. The maximum Gasteiger partial charge on any atom is 0.416 e. The molecule has 1 saturated heterocycles. The van der Waals surface area contributed by atoms with Gasteiger partial charge in [0.2, 0.25) is 5.95 Å². The Kier molecular flexibility index (Phi) is 7.34. The van der Waals surface area contributed by atoms with Crippen LogP contribution in [0.3, 0.4) is 0 Å². The lowest BCUT2D eigenvalue weighted by Gasteiger charge is -2.43. The maximum absolute atomic E-state index is 13.7. The van der Waals surface area contributed by atoms with Crippen molar-refractivity contribution in [3.63, 3.8) is 0 Å². The number of alkyl halides is 3. The fourth-order valence-electron chi connectivity index (χ4n) is 5.39. The molecule has 1 aliphatic carbocycles. The highest BCUT2D eigenvalue weighted by atomic mass is 19.4. The van der Waals surface area contributed by atoms with Crippen LogP contribution in [0.25, 0.3) is 0 Å². The van der Waals surface area contributed by atoms with Gasteiger partial charge in [0, 0.05) is 37.1 Å². The molecule has 8 nitrogen and oxygen atoms in total. The fraction of sp³-hybridized carbons (Fsp3) is 0.333. The minimum atomic E-state index is -4.48. The van der Waals surface area contributed by atoms with E-state index >= 15 is 0 Å². The van der Waals surface area contributed by atoms with Crippen LogP contribution in [0.4, 0.5) is 23.9 Å². The number of aromatic nitrogens is 4. The number of nitrogens with zero attached hydrogens (tertiary/aromatic N) is 4. The molecule has 3 heterocycles. The van der Waals surface area contributed by atoms with Crippen LogP contribution in [0.1, 0.15) is 65.3 Å². The van der Waals surface area contributed by atoms with Gasteiger partial charge in [0.1, 0.15) is 12.4 Å². The molecule has 1 aliphatic heterocycles. The zero-order valence-corrected chi connectivity index (χ0v) is 22.1. The molecular weight excluding hydrogens is 533 g/mol. The summed E-state index contributed by atoms with van der Waals surface area (Å²) in [7, 11) is 0. The van der Waals surface area contributed by atoms with Crippen molar-refractivity contribution in [2.24, 2.45) is 0 Å². The number of rotatable bonds is 7. The largest absolute Gasteiger partial charge is 0.445 e. The van der Waals surface area contributed by atoms with Crippen LogP contribution < -0.4 is 5.32 Å². The Balaban J connectivity index is 1.37. The van der Waals surface area contributed by atoms with E-state index in [-0.39, 0.29) is 13.2 Å². The number of piperidine rings is 1. The number of hydrogen-bond acceptors (Lipinski definition) is 6. The smallest absolute Gasteiger partial charge is 0.416 e. The first-order valence-electron chi connectivity index (χ1n) is 13.6. The molecule has 3 unspecified atom stereocenters. The van der Waals surface area contributed by atoms with Crippen molar-refractivity contribution >= 4 is 12.0 Å². The van der Waals surface area contributed by atoms with Crippen molar-refractivity contribution in [2.75, 3.05) is 11.9 Å². The van der Waals surface area contributed by atoms with E-state index in [0.29, 0.717) is 35.5 Å². The summed E-state index contributed by atoms with van der Waals surface area (Å²) in [5, 5.41) is 3.29. The van der Waals surface area contributed by atoms with Crippen molar-refractivity contribution in [1.82, 2.24) is 24.8 Å². The number of amides is 1. The van der Waals surface area contributed by atoms with Crippen LogP contribution in [0.15, 0.2) is 79.3 Å². The van der Waals surface area contributed by atoms with Gasteiger partial charge in [0.15, 0.2) is 0 Å². The van der Waals surface area contributed by atoms with Crippen molar-refractivity contribution in [2.45, 2.75) is 56.0 Å². The molecule has 0 bridgehead atoms. The summed E-state index contributed by atoms with van der Waals surface area (Å²) >= 11 is 0. The number of benzene rings is 2. The molecule has 41 heavy (non-hydrogen) atoms. The van der Waals surface area contributed by atoms with Gasteiger partial charge < -0.3 is 15.0 Å². The number of H-pyrrole nitrogens is 1. The zero-order valence-electron chi connectivity index (χ0n) is 22.1. The highest BCUT2D eigenvalue weighted by Gasteiger charge is 2.43. The quantitative estimate of drug-likeness (QED) is 0.269. The standard InChI is InChI=1S/C30H29F3N6O2/c31-30(32,33)21-8-4-7-20(15-21)23-16-26(27-34-13-14-35-27)39(29(40)41-18-19-5-2-1-3-6-19)17-24(23)25-11-12-36-28(38-25)37-22-9-10-22/h1-8,11-15,22-24,26H,9-10,16-18H2,(H,34,35)(H,36,37,38). The number of halogens is 3. The van der Waals surface area contributed by atoms with Crippen LogP contribution >= 0.6 is 0 Å². The molecule has 2 aromatic carbocycles. The van der Waals surface area contributed by atoms with Gasteiger partial charge in [-0.15, -0.1) is 0 Å². The van der Waals surface area contributed by atoms with E-state index in [9.17, 15) is 18.0 Å². The lowest BCUT2D eigenvalue weighted by Crippen LogP contribution is -2.45. The van der Waals surface area contributed by atoms with E-state index in [0.717, 1.165) is 24.5 Å². The van der Waals surface area contributed by atoms with Crippen molar-refractivity contribution in [3.8, 4) is 0 Å². The Morgan fingerprint density at radius 2 is 1.85 bits per heavy atom. The third kappa shape index (κ3) is 6.18. The third-order valence-corrected chi connectivity index (χ3v) is 7.62. The number of nitrogens with one attached hydrogen (secondary N) is 2.